The van der Waals surface area contributed by atoms with Crippen molar-refractivity contribution in [1.29, 1.82) is 0 Å². The molecular formula is C23H38ClN3O4. The van der Waals surface area contributed by atoms with Gasteiger partial charge < -0.3 is 19.3 Å². The lowest BCUT2D eigenvalue weighted by atomic mass is 9.83. The predicted octanol–water partition coefficient (Wildman–Crippen LogP) is 5.27. The molecule has 1 aromatic heterocycles. The lowest BCUT2D eigenvalue weighted by Gasteiger charge is -2.30. The van der Waals surface area contributed by atoms with E-state index in [2.05, 4.69) is 18.8 Å². The van der Waals surface area contributed by atoms with E-state index < -0.39 is 5.60 Å². The summed E-state index contributed by atoms with van der Waals surface area (Å²) >= 11 is 6.16. The molecule has 7 nitrogen and oxygen atoms in total. The van der Waals surface area contributed by atoms with Crippen molar-refractivity contribution >= 4 is 23.6 Å². The summed E-state index contributed by atoms with van der Waals surface area (Å²) in [4.78, 5) is 31.5. The van der Waals surface area contributed by atoms with Crippen molar-refractivity contribution in [1.82, 2.24) is 14.8 Å². The van der Waals surface area contributed by atoms with Crippen LogP contribution >= 0.6 is 11.6 Å². The molecule has 2 amide bonds. The highest BCUT2D eigenvalue weighted by molar-refractivity contribution is 6.32. The molecule has 0 bridgehead atoms. The first-order valence-electron chi connectivity index (χ1n) is 10.6. The van der Waals surface area contributed by atoms with Crippen molar-refractivity contribution in [2.24, 2.45) is 5.41 Å². The van der Waals surface area contributed by atoms with Crippen molar-refractivity contribution in [2.45, 2.75) is 72.5 Å². The van der Waals surface area contributed by atoms with E-state index in [1.165, 1.54) is 4.90 Å². The minimum atomic E-state index is -0.498. The first-order valence-corrected chi connectivity index (χ1v) is 11.0. The van der Waals surface area contributed by atoms with Crippen molar-refractivity contribution < 1.29 is 19.1 Å². The van der Waals surface area contributed by atoms with Crippen molar-refractivity contribution in [3.05, 3.63) is 22.8 Å². The molecule has 1 atom stereocenters. The number of amides is 2. The minimum absolute atomic E-state index is 0.0287. The van der Waals surface area contributed by atoms with Crippen molar-refractivity contribution in [3.63, 3.8) is 0 Å². The van der Waals surface area contributed by atoms with E-state index in [-0.39, 0.29) is 28.7 Å². The normalized spacial score (nSPS) is 12.8. The van der Waals surface area contributed by atoms with Gasteiger partial charge in [-0.05, 0) is 58.4 Å². The summed E-state index contributed by atoms with van der Waals surface area (Å²) in [7, 11) is 5.09. The van der Waals surface area contributed by atoms with Gasteiger partial charge in [0.2, 0.25) is 5.88 Å². The van der Waals surface area contributed by atoms with Gasteiger partial charge >= 0.3 is 6.09 Å². The maximum atomic E-state index is 12.1. The molecule has 1 aromatic rings. The van der Waals surface area contributed by atoms with E-state index in [1.807, 2.05) is 27.7 Å². The first-order chi connectivity index (χ1) is 14.1. The lowest BCUT2D eigenvalue weighted by molar-refractivity contribution is 0.0277. The van der Waals surface area contributed by atoms with Crippen LogP contribution in [0, 0.1) is 5.41 Å². The molecule has 1 unspecified atom stereocenters. The number of ether oxygens (including phenoxy) is 2. The van der Waals surface area contributed by atoms with Crippen LogP contribution in [0.2, 0.25) is 5.15 Å². The molecule has 0 spiro atoms. The molecule has 31 heavy (non-hydrogen) atoms. The molecule has 1 heterocycles. The third-order valence-electron chi connectivity index (χ3n) is 4.84. The van der Waals surface area contributed by atoms with Gasteiger partial charge in [-0.1, -0.05) is 25.4 Å². The van der Waals surface area contributed by atoms with Gasteiger partial charge in [-0.2, -0.15) is 0 Å². The van der Waals surface area contributed by atoms with Gasteiger partial charge in [0.05, 0.1) is 11.7 Å². The second kappa shape index (κ2) is 11.0. The number of nitrogens with zero attached hydrogens (tertiary/aromatic N) is 3. The highest BCUT2D eigenvalue weighted by Gasteiger charge is 2.24. The summed E-state index contributed by atoms with van der Waals surface area (Å²) in [6.45, 7) is 12.5. The van der Waals surface area contributed by atoms with E-state index >= 15 is 0 Å². The summed E-state index contributed by atoms with van der Waals surface area (Å²) in [5.41, 5.74) is -0.120. The van der Waals surface area contributed by atoms with Crippen molar-refractivity contribution in [2.75, 3.05) is 27.7 Å². The van der Waals surface area contributed by atoms with Crippen LogP contribution < -0.4 is 4.74 Å². The number of pyridine rings is 1. The fourth-order valence-corrected chi connectivity index (χ4v) is 3.00. The number of aromatic nitrogens is 1. The second-order valence-corrected chi connectivity index (χ2v) is 10.3. The molecule has 0 N–H and O–H groups in total. The molecule has 1 rings (SSSR count). The van der Waals surface area contributed by atoms with Gasteiger partial charge in [0.1, 0.15) is 10.8 Å². The Kier molecular flexibility index (Phi) is 9.61. The number of rotatable bonds is 9. The smallest absolute Gasteiger partial charge is 0.410 e. The monoisotopic (exact) mass is 455 g/mol. The summed E-state index contributed by atoms with van der Waals surface area (Å²) in [6, 6.07) is 3.30. The van der Waals surface area contributed by atoms with E-state index in [9.17, 15) is 9.59 Å². The molecule has 176 valence electrons. The van der Waals surface area contributed by atoms with Crippen LogP contribution in [0.5, 0.6) is 5.88 Å². The Bertz CT molecular complexity index is 760. The molecule has 0 aliphatic rings. The lowest BCUT2D eigenvalue weighted by Crippen LogP contribution is -2.36. The highest BCUT2D eigenvalue weighted by Crippen LogP contribution is 2.29. The molecule has 0 saturated carbocycles. The zero-order valence-corrected chi connectivity index (χ0v) is 21.2. The molecule has 0 aliphatic heterocycles. The minimum Gasteiger partial charge on any atom is -0.475 e. The van der Waals surface area contributed by atoms with E-state index in [0.717, 1.165) is 19.3 Å². The fraction of sp³-hybridized carbons (Fsp3) is 0.696. The Morgan fingerprint density at radius 1 is 1.10 bits per heavy atom. The molecule has 0 aromatic carbocycles. The van der Waals surface area contributed by atoms with E-state index in [1.54, 1.807) is 38.2 Å². The molecule has 0 saturated heterocycles. The van der Waals surface area contributed by atoms with Gasteiger partial charge in [0, 0.05) is 33.8 Å². The molecule has 0 fully saturated rings. The SMILES string of the molecule is CC(CCC(C)(C)CCN(C)C(=O)OC(C)(C)C)Oc1ccc(C(=O)N(C)C)c(Cl)n1. The number of carbonyl (C=O) groups is 2. The Morgan fingerprint density at radius 3 is 2.23 bits per heavy atom. The van der Waals surface area contributed by atoms with Gasteiger partial charge in [-0.3, -0.25) is 4.79 Å². The van der Waals surface area contributed by atoms with Crippen LogP contribution in [0.1, 0.15) is 71.2 Å². The van der Waals surface area contributed by atoms with Crippen LogP contribution in [0.15, 0.2) is 12.1 Å². The summed E-state index contributed by atoms with van der Waals surface area (Å²) in [5, 5.41) is 0.133. The molecule has 0 aliphatic carbocycles. The summed E-state index contributed by atoms with van der Waals surface area (Å²) in [5.74, 6) is 0.200. The Balaban J connectivity index is 2.54. The van der Waals surface area contributed by atoms with Gasteiger partial charge in [0.15, 0.2) is 0 Å². The van der Waals surface area contributed by atoms with E-state index in [0.29, 0.717) is 18.0 Å². The molecule has 8 heteroatoms. The Morgan fingerprint density at radius 2 is 1.71 bits per heavy atom. The molecular weight excluding hydrogens is 418 g/mol. The van der Waals surface area contributed by atoms with Crippen LogP contribution in [0.4, 0.5) is 4.79 Å². The predicted molar refractivity (Wildman–Crippen MR) is 124 cm³/mol. The number of hydrogen-bond donors (Lipinski definition) is 0. The van der Waals surface area contributed by atoms with Gasteiger partial charge in [-0.15, -0.1) is 0 Å². The average Bonchev–Trinajstić information content (AvgIpc) is 2.63. The standard InChI is InChI=1S/C23H38ClN3O4/c1-16(30-18-11-10-17(19(24)25-18)20(28)26(7)8)12-13-23(5,6)14-15-27(9)21(29)31-22(2,3)4/h10-11,16H,12-15H2,1-9H3. The Labute approximate surface area is 192 Å². The number of halogens is 1. The average molecular weight is 456 g/mol. The van der Waals surface area contributed by atoms with Crippen LogP contribution in [0.3, 0.4) is 0 Å². The third kappa shape index (κ3) is 9.76. The third-order valence-corrected chi connectivity index (χ3v) is 5.13. The van der Waals surface area contributed by atoms with E-state index in [4.69, 9.17) is 21.1 Å². The summed E-state index contributed by atoms with van der Waals surface area (Å²) in [6.07, 6.45) is 2.21. The maximum absolute atomic E-state index is 12.1. The Hall–Kier alpha value is -2.02. The first kappa shape index (κ1) is 27.0. The molecule has 0 radical (unpaired) electrons. The zero-order valence-electron chi connectivity index (χ0n) is 20.4. The zero-order chi connectivity index (χ0) is 24.0. The summed E-state index contributed by atoms with van der Waals surface area (Å²) < 4.78 is 11.3. The van der Waals surface area contributed by atoms with Crippen LogP contribution in [-0.2, 0) is 4.74 Å². The van der Waals surface area contributed by atoms with Gasteiger partial charge in [-0.25, -0.2) is 9.78 Å². The largest absolute Gasteiger partial charge is 0.475 e. The quantitative estimate of drug-likeness (QED) is 0.474. The fourth-order valence-electron chi connectivity index (χ4n) is 2.77. The van der Waals surface area contributed by atoms with Crippen molar-refractivity contribution in [3.8, 4) is 5.88 Å². The van der Waals surface area contributed by atoms with Gasteiger partial charge in [0.25, 0.3) is 5.91 Å². The number of carbonyl (C=O) groups excluding carboxylic acids is 2. The topological polar surface area (TPSA) is 72.0 Å². The maximum Gasteiger partial charge on any atom is 0.410 e. The highest BCUT2D eigenvalue weighted by atomic mass is 35.5. The second-order valence-electron chi connectivity index (χ2n) is 9.97. The number of hydrogen-bond acceptors (Lipinski definition) is 5. The van der Waals surface area contributed by atoms with Crippen LogP contribution in [0.25, 0.3) is 0 Å². The van der Waals surface area contributed by atoms with Crippen LogP contribution in [-0.4, -0.2) is 66.2 Å².